The third-order valence-electron chi connectivity index (χ3n) is 3.28. The molecule has 5 nitrogen and oxygen atoms in total. The minimum absolute atomic E-state index is 0.246. The fourth-order valence-electron chi connectivity index (χ4n) is 1.60. The minimum Gasteiger partial charge on any atom is -0.409 e. The summed E-state index contributed by atoms with van der Waals surface area (Å²) in [5.41, 5.74) is 5.31. The summed E-state index contributed by atoms with van der Waals surface area (Å²) in [6.45, 7) is 8.01. The average molecular weight is 245 g/mol. The molecule has 0 saturated heterocycles. The molecular formula is C12H27N3O2. The zero-order valence-corrected chi connectivity index (χ0v) is 11.2. The van der Waals surface area contributed by atoms with Crippen LogP contribution in [-0.2, 0) is 0 Å². The van der Waals surface area contributed by atoms with Crippen LogP contribution in [-0.4, -0.2) is 35.8 Å². The first kappa shape index (κ1) is 16.2. The van der Waals surface area contributed by atoms with Gasteiger partial charge in [-0.1, -0.05) is 32.3 Å². The number of aliphatic hydroxyl groups excluding tert-OH is 1. The van der Waals surface area contributed by atoms with Gasteiger partial charge in [-0.3, -0.25) is 0 Å². The number of oxime groups is 1. The van der Waals surface area contributed by atoms with E-state index in [0.29, 0.717) is 5.92 Å². The van der Waals surface area contributed by atoms with Crippen molar-refractivity contribution in [3.05, 3.63) is 0 Å². The summed E-state index contributed by atoms with van der Waals surface area (Å²) in [5.74, 6) is 0.786. The molecule has 0 spiro atoms. The van der Waals surface area contributed by atoms with Crippen LogP contribution in [0.1, 0.15) is 40.0 Å². The second kappa shape index (κ2) is 8.31. The van der Waals surface area contributed by atoms with E-state index in [1.165, 1.54) is 0 Å². The monoisotopic (exact) mass is 245 g/mol. The zero-order chi connectivity index (χ0) is 13.3. The summed E-state index contributed by atoms with van der Waals surface area (Å²) in [7, 11) is 0. The number of hydrogen-bond donors (Lipinski definition) is 4. The Bertz CT molecular complexity index is 230. The molecule has 0 aromatic carbocycles. The van der Waals surface area contributed by atoms with Gasteiger partial charge in [0.05, 0.1) is 0 Å². The summed E-state index contributed by atoms with van der Waals surface area (Å²) >= 11 is 0. The highest BCUT2D eigenvalue weighted by atomic mass is 16.4. The molecule has 0 fully saturated rings. The first-order valence-corrected chi connectivity index (χ1v) is 6.27. The molecule has 1 atom stereocenters. The summed E-state index contributed by atoms with van der Waals surface area (Å²) in [5, 5.41) is 23.9. The number of nitrogens with two attached hydrogens (primary N) is 1. The molecule has 0 aliphatic carbocycles. The third kappa shape index (κ3) is 6.48. The number of amidine groups is 1. The molecule has 0 amide bonds. The van der Waals surface area contributed by atoms with Crippen LogP contribution in [0.3, 0.4) is 0 Å². The molecule has 0 aliphatic heterocycles. The molecule has 0 saturated carbocycles. The van der Waals surface area contributed by atoms with Crippen LogP contribution in [0, 0.1) is 11.3 Å². The van der Waals surface area contributed by atoms with Crippen LogP contribution in [0.2, 0.25) is 0 Å². The van der Waals surface area contributed by atoms with Gasteiger partial charge in [0.15, 0.2) is 0 Å². The zero-order valence-electron chi connectivity index (χ0n) is 11.2. The van der Waals surface area contributed by atoms with E-state index in [1.54, 1.807) is 0 Å². The van der Waals surface area contributed by atoms with Gasteiger partial charge in [0, 0.05) is 12.0 Å². The summed E-state index contributed by atoms with van der Waals surface area (Å²) in [6, 6.07) is 0. The maximum absolute atomic E-state index is 8.87. The lowest BCUT2D eigenvalue weighted by molar-refractivity contribution is 0.250. The molecule has 0 bridgehead atoms. The van der Waals surface area contributed by atoms with Crippen LogP contribution < -0.4 is 11.1 Å². The van der Waals surface area contributed by atoms with Crippen molar-refractivity contribution >= 4 is 5.84 Å². The summed E-state index contributed by atoms with van der Waals surface area (Å²) in [6.07, 6.45) is 2.72. The highest BCUT2D eigenvalue weighted by molar-refractivity contribution is 5.85. The molecule has 0 aromatic rings. The Morgan fingerprint density at radius 1 is 1.47 bits per heavy atom. The van der Waals surface area contributed by atoms with Gasteiger partial charge in [0.2, 0.25) is 0 Å². The Hall–Kier alpha value is -0.810. The topological polar surface area (TPSA) is 90.9 Å². The second-order valence-corrected chi connectivity index (χ2v) is 5.11. The van der Waals surface area contributed by atoms with Gasteiger partial charge in [-0.2, -0.15) is 0 Å². The Morgan fingerprint density at radius 2 is 2.12 bits per heavy atom. The summed E-state index contributed by atoms with van der Waals surface area (Å²) < 4.78 is 0. The van der Waals surface area contributed by atoms with Gasteiger partial charge in [-0.15, -0.1) is 0 Å². The maximum Gasteiger partial charge on any atom is 0.144 e. The first-order valence-electron chi connectivity index (χ1n) is 6.27. The van der Waals surface area contributed by atoms with Crippen molar-refractivity contribution in [1.29, 1.82) is 0 Å². The third-order valence-corrected chi connectivity index (χ3v) is 3.28. The van der Waals surface area contributed by atoms with Gasteiger partial charge in [-0.25, -0.2) is 0 Å². The molecule has 0 aliphatic rings. The Labute approximate surface area is 104 Å². The second-order valence-electron chi connectivity index (χ2n) is 5.11. The Morgan fingerprint density at radius 3 is 2.59 bits per heavy atom. The molecule has 0 heterocycles. The van der Waals surface area contributed by atoms with Gasteiger partial charge >= 0.3 is 0 Å². The molecule has 17 heavy (non-hydrogen) atoms. The van der Waals surface area contributed by atoms with E-state index in [2.05, 4.69) is 17.4 Å². The number of hydrogen-bond acceptors (Lipinski definition) is 4. The van der Waals surface area contributed by atoms with Gasteiger partial charge in [-0.05, 0) is 31.8 Å². The van der Waals surface area contributed by atoms with E-state index in [1.807, 2.05) is 13.8 Å². The normalized spacial score (nSPS) is 14.9. The molecule has 102 valence electrons. The van der Waals surface area contributed by atoms with Crippen LogP contribution in [0.15, 0.2) is 5.16 Å². The molecule has 5 N–H and O–H groups in total. The van der Waals surface area contributed by atoms with Gasteiger partial charge in [0.25, 0.3) is 0 Å². The largest absolute Gasteiger partial charge is 0.409 e. The molecule has 0 radical (unpaired) electrons. The van der Waals surface area contributed by atoms with Crippen LogP contribution in [0.25, 0.3) is 0 Å². The van der Waals surface area contributed by atoms with Crippen molar-refractivity contribution in [2.24, 2.45) is 22.2 Å². The maximum atomic E-state index is 8.87. The van der Waals surface area contributed by atoms with E-state index >= 15 is 0 Å². The SMILES string of the molecule is CCC(CCO)CNCCC(C)(C)C(N)=NO. The number of aliphatic hydroxyl groups is 1. The lowest BCUT2D eigenvalue weighted by Gasteiger charge is -2.23. The van der Waals surface area contributed by atoms with Gasteiger partial charge < -0.3 is 21.4 Å². The van der Waals surface area contributed by atoms with Crippen LogP contribution in [0.4, 0.5) is 0 Å². The number of nitrogens with zero attached hydrogens (tertiary/aromatic N) is 1. The van der Waals surface area contributed by atoms with Crippen molar-refractivity contribution in [1.82, 2.24) is 5.32 Å². The van der Waals surface area contributed by atoms with Crippen molar-refractivity contribution < 1.29 is 10.3 Å². The standard InChI is InChI=1S/C12H27N3O2/c1-4-10(5-8-16)9-14-7-6-12(2,3)11(13)15-17/h10,14,16-17H,4-9H2,1-3H3,(H2,13,15). The van der Waals surface area contributed by atoms with E-state index < -0.39 is 0 Å². The Balaban J connectivity index is 3.84. The van der Waals surface area contributed by atoms with Crippen molar-refractivity contribution in [3.8, 4) is 0 Å². The smallest absolute Gasteiger partial charge is 0.144 e. The van der Waals surface area contributed by atoms with E-state index in [9.17, 15) is 0 Å². The van der Waals surface area contributed by atoms with E-state index in [0.717, 1.165) is 32.4 Å². The predicted molar refractivity (Wildman–Crippen MR) is 70.2 cm³/mol. The van der Waals surface area contributed by atoms with E-state index in [4.69, 9.17) is 16.0 Å². The molecule has 5 heteroatoms. The van der Waals surface area contributed by atoms with E-state index in [-0.39, 0.29) is 17.9 Å². The highest BCUT2D eigenvalue weighted by Crippen LogP contribution is 2.19. The average Bonchev–Trinajstić information content (AvgIpc) is 2.31. The molecule has 0 aromatic heterocycles. The van der Waals surface area contributed by atoms with Crippen LogP contribution >= 0.6 is 0 Å². The number of rotatable bonds is 9. The lowest BCUT2D eigenvalue weighted by atomic mass is 9.88. The molecule has 1 unspecified atom stereocenters. The van der Waals surface area contributed by atoms with Crippen molar-refractivity contribution in [2.45, 2.75) is 40.0 Å². The minimum atomic E-state index is -0.291. The first-order chi connectivity index (χ1) is 7.97. The molecule has 0 rings (SSSR count). The fraction of sp³-hybridized carbons (Fsp3) is 0.917. The highest BCUT2D eigenvalue weighted by Gasteiger charge is 2.22. The molecular weight excluding hydrogens is 218 g/mol. The Kier molecular flexibility index (Phi) is 7.91. The van der Waals surface area contributed by atoms with Crippen molar-refractivity contribution in [2.75, 3.05) is 19.7 Å². The van der Waals surface area contributed by atoms with Crippen LogP contribution in [0.5, 0.6) is 0 Å². The quantitative estimate of drug-likeness (QED) is 0.161. The summed E-state index contributed by atoms with van der Waals surface area (Å²) in [4.78, 5) is 0. The number of nitrogens with one attached hydrogen (secondary N) is 1. The lowest BCUT2D eigenvalue weighted by Crippen LogP contribution is -2.35. The fourth-order valence-corrected chi connectivity index (χ4v) is 1.60. The van der Waals surface area contributed by atoms with Crippen molar-refractivity contribution in [3.63, 3.8) is 0 Å². The predicted octanol–water partition coefficient (Wildman–Crippen LogP) is 1.15. The van der Waals surface area contributed by atoms with Gasteiger partial charge in [0.1, 0.15) is 5.84 Å².